The Labute approximate surface area is 278 Å². The van der Waals surface area contributed by atoms with Gasteiger partial charge in [0.25, 0.3) is 0 Å². The highest BCUT2D eigenvalue weighted by Crippen LogP contribution is 2.08. The first-order valence-electron chi connectivity index (χ1n) is 15.4. The van der Waals surface area contributed by atoms with Crippen LogP contribution in [0.4, 0.5) is 0 Å². The first-order valence-corrected chi connectivity index (χ1v) is 15.4. The molecule has 0 fully saturated rings. The first-order chi connectivity index (χ1) is 22.7. The predicted octanol–water partition coefficient (Wildman–Crippen LogP) is -0.520. The third-order valence-electron chi connectivity index (χ3n) is 7.25. The van der Waals surface area contributed by atoms with E-state index in [2.05, 4.69) is 26.6 Å². The van der Waals surface area contributed by atoms with Gasteiger partial charge in [-0.1, -0.05) is 74.5 Å². The van der Waals surface area contributed by atoms with Crippen LogP contribution in [0.2, 0.25) is 0 Å². The van der Waals surface area contributed by atoms with Crippen molar-refractivity contribution in [1.82, 2.24) is 26.6 Å². The van der Waals surface area contributed by atoms with Crippen LogP contribution >= 0.6 is 0 Å². The molecule has 0 bridgehead atoms. The number of aliphatic carboxylic acids is 2. The van der Waals surface area contributed by atoms with Gasteiger partial charge in [0.15, 0.2) is 0 Å². The van der Waals surface area contributed by atoms with Crippen molar-refractivity contribution in [2.45, 2.75) is 76.7 Å². The van der Waals surface area contributed by atoms with E-state index in [4.69, 9.17) is 10.8 Å². The molecule has 0 saturated heterocycles. The Bertz CT molecular complexity index is 1420. The zero-order valence-corrected chi connectivity index (χ0v) is 27.1. The van der Waals surface area contributed by atoms with Crippen LogP contribution in [0, 0.1) is 5.92 Å². The molecule has 15 heteroatoms. The van der Waals surface area contributed by atoms with Gasteiger partial charge in [-0.15, -0.1) is 0 Å². The molecule has 0 aliphatic rings. The summed E-state index contributed by atoms with van der Waals surface area (Å²) in [5, 5.41) is 30.5. The van der Waals surface area contributed by atoms with E-state index >= 15 is 0 Å². The second-order valence-corrected chi connectivity index (χ2v) is 11.6. The van der Waals surface area contributed by atoms with Gasteiger partial charge in [0.05, 0.1) is 12.6 Å². The first kappa shape index (κ1) is 38.9. The number of carboxylic acids is 2. The van der Waals surface area contributed by atoms with Gasteiger partial charge < -0.3 is 42.5 Å². The molecule has 5 atom stereocenters. The normalized spacial score (nSPS) is 13.9. The Kier molecular flexibility index (Phi) is 15.7. The number of carbonyl (C=O) groups excluding carboxylic acids is 5. The van der Waals surface area contributed by atoms with E-state index in [0.717, 1.165) is 5.56 Å². The van der Waals surface area contributed by atoms with Crippen LogP contribution in [-0.2, 0) is 46.4 Å². The number of rotatable bonds is 19. The standard InChI is InChI=1S/C33H44N6O9/c1-19(2)28(32(46)36-20(3)29(43)38-24(33(47)48)14-15-27(41)42)39-31(45)25(17-22-12-8-5-9-13-22)37-26(40)18-35-30(44)23(34)16-21-10-6-4-7-11-21/h4-13,19-20,23-25,28H,14-18,34H2,1-3H3,(H,35,44)(H,36,46)(H,37,40)(H,38,43)(H,39,45)(H,41,42)(H,47,48)/t20-,23-,24-,25-,28-/m0/s1. The molecular formula is C33H44N6O9. The molecule has 2 aromatic carbocycles. The predicted molar refractivity (Wildman–Crippen MR) is 174 cm³/mol. The molecule has 0 saturated carbocycles. The van der Waals surface area contributed by atoms with Crippen molar-refractivity contribution in [2.75, 3.05) is 6.54 Å². The molecule has 0 aliphatic heterocycles. The lowest BCUT2D eigenvalue weighted by Crippen LogP contribution is -2.59. The number of nitrogens with two attached hydrogens (primary N) is 1. The Hall–Kier alpha value is -5.31. The Morgan fingerprint density at radius 1 is 0.667 bits per heavy atom. The van der Waals surface area contributed by atoms with Gasteiger partial charge >= 0.3 is 11.9 Å². The van der Waals surface area contributed by atoms with Crippen LogP contribution in [0.15, 0.2) is 60.7 Å². The maximum atomic E-state index is 13.5. The fraction of sp³-hybridized carbons (Fsp3) is 0.424. The molecule has 2 rings (SSSR count). The second-order valence-electron chi connectivity index (χ2n) is 11.6. The lowest BCUT2D eigenvalue weighted by Gasteiger charge is -2.27. The van der Waals surface area contributed by atoms with Crippen LogP contribution < -0.4 is 32.3 Å². The molecule has 5 amide bonds. The molecule has 0 radical (unpaired) electrons. The summed E-state index contributed by atoms with van der Waals surface area (Å²) < 4.78 is 0. The zero-order chi connectivity index (χ0) is 35.8. The van der Waals surface area contributed by atoms with Crippen molar-refractivity contribution >= 4 is 41.5 Å². The zero-order valence-electron chi connectivity index (χ0n) is 27.1. The Balaban J connectivity index is 2.07. The summed E-state index contributed by atoms with van der Waals surface area (Å²) in [4.78, 5) is 87.0. The summed E-state index contributed by atoms with van der Waals surface area (Å²) in [5.41, 5.74) is 7.55. The number of amides is 5. The summed E-state index contributed by atoms with van der Waals surface area (Å²) in [5.74, 6) is -6.69. The van der Waals surface area contributed by atoms with E-state index in [0.29, 0.717) is 5.56 Å². The van der Waals surface area contributed by atoms with Crippen LogP contribution in [0.1, 0.15) is 44.7 Å². The molecule has 2 aromatic rings. The molecular weight excluding hydrogens is 624 g/mol. The van der Waals surface area contributed by atoms with Gasteiger partial charge in [0.1, 0.15) is 24.2 Å². The molecule has 0 aliphatic carbocycles. The lowest BCUT2D eigenvalue weighted by atomic mass is 10.0. The maximum absolute atomic E-state index is 13.5. The van der Waals surface area contributed by atoms with Crippen molar-refractivity contribution < 1.29 is 43.8 Å². The lowest BCUT2D eigenvalue weighted by molar-refractivity contribution is -0.143. The highest BCUT2D eigenvalue weighted by Gasteiger charge is 2.31. The van der Waals surface area contributed by atoms with Gasteiger partial charge in [-0.05, 0) is 36.8 Å². The summed E-state index contributed by atoms with van der Waals surface area (Å²) in [6, 6.07) is 12.0. The number of carbonyl (C=O) groups is 7. The highest BCUT2D eigenvalue weighted by atomic mass is 16.4. The van der Waals surface area contributed by atoms with Crippen molar-refractivity contribution in [1.29, 1.82) is 0 Å². The van der Waals surface area contributed by atoms with Crippen molar-refractivity contribution in [3.63, 3.8) is 0 Å². The molecule has 0 heterocycles. The molecule has 0 unspecified atom stereocenters. The number of hydrogen-bond acceptors (Lipinski definition) is 8. The van der Waals surface area contributed by atoms with Gasteiger partial charge in [0, 0.05) is 12.8 Å². The van der Waals surface area contributed by atoms with Crippen molar-refractivity contribution in [3.05, 3.63) is 71.8 Å². The summed E-state index contributed by atoms with van der Waals surface area (Å²) in [6.45, 7) is 4.16. The third kappa shape index (κ3) is 13.6. The van der Waals surface area contributed by atoms with E-state index in [1.807, 2.05) is 30.3 Å². The minimum atomic E-state index is -1.49. The van der Waals surface area contributed by atoms with E-state index < -0.39 is 90.6 Å². The summed E-state index contributed by atoms with van der Waals surface area (Å²) >= 11 is 0. The average Bonchev–Trinajstić information content (AvgIpc) is 3.04. The highest BCUT2D eigenvalue weighted by molar-refractivity contribution is 5.95. The molecule has 15 nitrogen and oxygen atoms in total. The fourth-order valence-electron chi connectivity index (χ4n) is 4.54. The molecule has 48 heavy (non-hydrogen) atoms. The van der Waals surface area contributed by atoms with Gasteiger partial charge in [-0.2, -0.15) is 0 Å². The minimum absolute atomic E-state index is 0.0536. The van der Waals surface area contributed by atoms with Gasteiger partial charge in [-0.3, -0.25) is 28.8 Å². The number of benzene rings is 2. The minimum Gasteiger partial charge on any atom is -0.481 e. The maximum Gasteiger partial charge on any atom is 0.326 e. The summed E-state index contributed by atoms with van der Waals surface area (Å²) in [7, 11) is 0. The van der Waals surface area contributed by atoms with Crippen LogP contribution in [0.5, 0.6) is 0 Å². The van der Waals surface area contributed by atoms with Gasteiger partial charge in [0.2, 0.25) is 29.5 Å². The Morgan fingerprint density at radius 2 is 1.23 bits per heavy atom. The molecule has 260 valence electrons. The quantitative estimate of drug-likeness (QED) is 0.0952. The second kappa shape index (κ2) is 19.4. The molecule has 0 spiro atoms. The number of carboxylic acid groups (broad SMARTS) is 2. The average molecular weight is 669 g/mol. The topological polar surface area (TPSA) is 246 Å². The number of nitrogens with one attached hydrogen (secondary N) is 5. The molecule has 0 aromatic heterocycles. The monoisotopic (exact) mass is 668 g/mol. The van der Waals surface area contributed by atoms with Crippen LogP contribution in [0.25, 0.3) is 0 Å². The molecule has 9 N–H and O–H groups in total. The Morgan fingerprint density at radius 3 is 1.75 bits per heavy atom. The largest absolute Gasteiger partial charge is 0.481 e. The van der Waals surface area contributed by atoms with Crippen molar-refractivity contribution in [2.24, 2.45) is 11.7 Å². The third-order valence-corrected chi connectivity index (χ3v) is 7.25. The van der Waals surface area contributed by atoms with E-state index in [9.17, 15) is 38.7 Å². The van der Waals surface area contributed by atoms with Crippen LogP contribution in [0.3, 0.4) is 0 Å². The van der Waals surface area contributed by atoms with Crippen molar-refractivity contribution in [3.8, 4) is 0 Å². The summed E-state index contributed by atoms with van der Waals surface area (Å²) in [6.07, 6.45) is -0.538. The SMILES string of the molecule is CC(C)[C@H](NC(=O)[C@H](Cc1ccccc1)NC(=O)CNC(=O)[C@@H](N)Cc1ccccc1)C(=O)N[C@@H](C)C(=O)N[C@@H](CCC(=O)O)C(=O)O. The van der Waals surface area contributed by atoms with Gasteiger partial charge in [-0.25, -0.2) is 4.79 Å². The number of hydrogen-bond donors (Lipinski definition) is 8. The fourth-order valence-corrected chi connectivity index (χ4v) is 4.54. The van der Waals surface area contributed by atoms with E-state index in [-0.39, 0.29) is 19.3 Å². The smallest absolute Gasteiger partial charge is 0.326 e. The van der Waals surface area contributed by atoms with E-state index in [1.165, 1.54) is 6.92 Å². The van der Waals surface area contributed by atoms with Crippen LogP contribution in [-0.4, -0.2) is 88.4 Å². The van der Waals surface area contributed by atoms with E-state index in [1.54, 1.807) is 44.2 Å².